The van der Waals surface area contributed by atoms with Crippen LogP contribution >= 0.6 is 0 Å². The molecule has 0 rings (SSSR count). The number of hydrogen-bond donors (Lipinski definition) is 3. The molecule has 0 bridgehead atoms. The predicted octanol–water partition coefficient (Wildman–Crippen LogP) is 0.165. The van der Waals surface area contributed by atoms with Crippen molar-refractivity contribution in [2.75, 3.05) is 13.1 Å². The van der Waals surface area contributed by atoms with Crippen molar-refractivity contribution in [2.24, 2.45) is 17.4 Å². The van der Waals surface area contributed by atoms with E-state index in [1.54, 1.807) is 0 Å². The highest BCUT2D eigenvalue weighted by Crippen LogP contribution is 2.13. The second-order valence-electron chi connectivity index (χ2n) is 2.95. The summed E-state index contributed by atoms with van der Waals surface area (Å²) in [6.07, 6.45) is 2.68. The molecule has 0 atom stereocenters. The third-order valence-electron chi connectivity index (χ3n) is 1.92. The van der Waals surface area contributed by atoms with Crippen molar-refractivity contribution >= 4 is 5.97 Å². The van der Waals surface area contributed by atoms with Gasteiger partial charge in [-0.1, -0.05) is 0 Å². The number of carbonyl (C=O) groups is 1. The van der Waals surface area contributed by atoms with E-state index in [1.165, 1.54) is 0 Å². The molecule has 0 aromatic rings. The van der Waals surface area contributed by atoms with E-state index in [1.807, 2.05) is 0 Å². The molecule has 0 saturated heterocycles. The molecular formula is C8H18N2O2. The molecule has 0 fully saturated rings. The molecular weight excluding hydrogens is 156 g/mol. The minimum Gasteiger partial charge on any atom is -0.481 e. The average molecular weight is 174 g/mol. The van der Waals surface area contributed by atoms with Gasteiger partial charge in [-0.3, -0.25) is 4.79 Å². The van der Waals surface area contributed by atoms with Crippen molar-refractivity contribution in [3.63, 3.8) is 0 Å². The van der Waals surface area contributed by atoms with Crippen LogP contribution in [-0.4, -0.2) is 24.2 Å². The maximum Gasteiger partial charge on any atom is 0.303 e. The number of nitrogens with two attached hydrogens (primary N) is 2. The van der Waals surface area contributed by atoms with Gasteiger partial charge in [-0.25, -0.2) is 0 Å². The second kappa shape index (κ2) is 7.06. The standard InChI is InChI=1S/C8H18N2O2/c9-5-3-7(4-6-10)1-2-8(11)12/h7H,1-6,9-10H2,(H,11,12). The summed E-state index contributed by atoms with van der Waals surface area (Å²) in [6, 6.07) is 0. The summed E-state index contributed by atoms with van der Waals surface area (Å²) >= 11 is 0. The molecule has 12 heavy (non-hydrogen) atoms. The van der Waals surface area contributed by atoms with Crippen molar-refractivity contribution in [2.45, 2.75) is 25.7 Å². The van der Waals surface area contributed by atoms with Crippen LogP contribution in [0.2, 0.25) is 0 Å². The van der Waals surface area contributed by atoms with Crippen LogP contribution in [0.4, 0.5) is 0 Å². The lowest BCUT2D eigenvalue weighted by molar-refractivity contribution is -0.137. The zero-order valence-electron chi connectivity index (χ0n) is 7.33. The Morgan fingerprint density at radius 3 is 2.00 bits per heavy atom. The normalized spacial score (nSPS) is 10.6. The van der Waals surface area contributed by atoms with E-state index in [-0.39, 0.29) is 6.42 Å². The summed E-state index contributed by atoms with van der Waals surface area (Å²) in [6.45, 7) is 1.23. The van der Waals surface area contributed by atoms with Gasteiger partial charge in [0.1, 0.15) is 0 Å². The van der Waals surface area contributed by atoms with E-state index < -0.39 is 5.97 Å². The number of carboxylic acids is 1. The SMILES string of the molecule is NCCC(CCN)CCC(=O)O. The zero-order chi connectivity index (χ0) is 9.40. The van der Waals surface area contributed by atoms with Gasteiger partial charge in [-0.05, 0) is 38.3 Å². The topological polar surface area (TPSA) is 89.3 Å². The first-order chi connectivity index (χ1) is 5.70. The number of carboxylic acid groups (broad SMARTS) is 1. The molecule has 5 N–H and O–H groups in total. The predicted molar refractivity (Wildman–Crippen MR) is 47.7 cm³/mol. The summed E-state index contributed by atoms with van der Waals surface area (Å²) in [4.78, 5) is 10.2. The molecule has 4 nitrogen and oxygen atoms in total. The first-order valence-electron chi connectivity index (χ1n) is 4.32. The molecule has 0 heterocycles. The van der Waals surface area contributed by atoms with Crippen LogP contribution in [0.1, 0.15) is 25.7 Å². The van der Waals surface area contributed by atoms with Gasteiger partial charge in [-0.2, -0.15) is 0 Å². The van der Waals surface area contributed by atoms with Gasteiger partial charge in [0.25, 0.3) is 0 Å². The molecule has 0 aromatic carbocycles. The van der Waals surface area contributed by atoms with Gasteiger partial charge in [-0.15, -0.1) is 0 Å². The highest BCUT2D eigenvalue weighted by molar-refractivity contribution is 5.66. The molecule has 0 aliphatic carbocycles. The maximum absolute atomic E-state index is 10.2. The molecule has 72 valence electrons. The highest BCUT2D eigenvalue weighted by atomic mass is 16.4. The second-order valence-corrected chi connectivity index (χ2v) is 2.95. The third-order valence-corrected chi connectivity index (χ3v) is 1.92. The lowest BCUT2D eigenvalue weighted by atomic mass is 9.96. The summed E-state index contributed by atoms with van der Waals surface area (Å²) in [5.74, 6) is -0.356. The molecule has 0 amide bonds. The minimum absolute atomic E-state index is 0.227. The average Bonchev–Trinajstić information content (AvgIpc) is 2.01. The van der Waals surface area contributed by atoms with Crippen molar-refractivity contribution < 1.29 is 9.90 Å². The van der Waals surface area contributed by atoms with Crippen LogP contribution in [-0.2, 0) is 4.79 Å². The van der Waals surface area contributed by atoms with E-state index in [4.69, 9.17) is 16.6 Å². The van der Waals surface area contributed by atoms with E-state index in [2.05, 4.69) is 0 Å². The summed E-state index contributed by atoms with van der Waals surface area (Å²) < 4.78 is 0. The van der Waals surface area contributed by atoms with Crippen LogP contribution in [0.5, 0.6) is 0 Å². The minimum atomic E-state index is -0.742. The van der Waals surface area contributed by atoms with Crippen molar-refractivity contribution in [1.29, 1.82) is 0 Å². The first kappa shape index (κ1) is 11.4. The van der Waals surface area contributed by atoms with Gasteiger partial charge in [0, 0.05) is 6.42 Å². The summed E-state index contributed by atoms with van der Waals surface area (Å²) in [5.41, 5.74) is 10.8. The summed E-state index contributed by atoms with van der Waals surface area (Å²) in [7, 11) is 0. The van der Waals surface area contributed by atoms with Gasteiger partial charge in [0.2, 0.25) is 0 Å². The number of hydrogen-bond acceptors (Lipinski definition) is 3. The molecule has 0 aliphatic rings. The third kappa shape index (κ3) is 6.12. The fourth-order valence-electron chi connectivity index (χ4n) is 1.23. The quantitative estimate of drug-likeness (QED) is 0.513. The number of aliphatic carboxylic acids is 1. The van der Waals surface area contributed by atoms with E-state index in [0.717, 1.165) is 12.8 Å². The monoisotopic (exact) mass is 174 g/mol. The Bertz CT molecular complexity index is 122. The van der Waals surface area contributed by atoms with Crippen molar-refractivity contribution in [1.82, 2.24) is 0 Å². The zero-order valence-corrected chi connectivity index (χ0v) is 7.33. The number of rotatable bonds is 7. The van der Waals surface area contributed by atoms with Crippen LogP contribution in [0.15, 0.2) is 0 Å². The van der Waals surface area contributed by atoms with Crippen LogP contribution < -0.4 is 11.5 Å². The first-order valence-corrected chi connectivity index (χ1v) is 4.32. The molecule has 0 aromatic heterocycles. The Labute approximate surface area is 72.9 Å². The largest absolute Gasteiger partial charge is 0.481 e. The van der Waals surface area contributed by atoms with Gasteiger partial charge >= 0.3 is 5.97 Å². The molecule has 0 aliphatic heterocycles. The Hall–Kier alpha value is -0.610. The highest BCUT2D eigenvalue weighted by Gasteiger charge is 2.08. The Kier molecular flexibility index (Phi) is 6.70. The van der Waals surface area contributed by atoms with Crippen LogP contribution in [0.3, 0.4) is 0 Å². The van der Waals surface area contributed by atoms with Crippen LogP contribution in [0.25, 0.3) is 0 Å². The lowest BCUT2D eigenvalue weighted by Gasteiger charge is -2.12. The molecule has 0 radical (unpaired) electrons. The fraction of sp³-hybridized carbons (Fsp3) is 0.875. The van der Waals surface area contributed by atoms with Gasteiger partial charge in [0.15, 0.2) is 0 Å². The fourth-order valence-corrected chi connectivity index (χ4v) is 1.23. The van der Waals surface area contributed by atoms with Gasteiger partial charge in [0.05, 0.1) is 0 Å². The van der Waals surface area contributed by atoms with Crippen LogP contribution in [0, 0.1) is 5.92 Å². The molecule has 0 saturated carbocycles. The Balaban J connectivity index is 3.54. The maximum atomic E-state index is 10.2. The lowest BCUT2D eigenvalue weighted by Crippen LogP contribution is -2.14. The van der Waals surface area contributed by atoms with E-state index >= 15 is 0 Å². The summed E-state index contributed by atoms with van der Waals surface area (Å²) in [5, 5.41) is 8.44. The molecule has 0 unspecified atom stereocenters. The smallest absolute Gasteiger partial charge is 0.303 e. The molecule has 0 spiro atoms. The Morgan fingerprint density at radius 1 is 1.17 bits per heavy atom. The molecule has 4 heteroatoms. The van der Waals surface area contributed by atoms with Crippen molar-refractivity contribution in [3.8, 4) is 0 Å². The van der Waals surface area contributed by atoms with E-state index in [0.29, 0.717) is 25.4 Å². The Morgan fingerprint density at radius 2 is 1.67 bits per heavy atom. The van der Waals surface area contributed by atoms with Gasteiger partial charge < -0.3 is 16.6 Å². The van der Waals surface area contributed by atoms with E-state index in [9.17, 15) is 4.79 Å². The van der Waals surface area contributed by atoms with Crippen molar-refractivity contribution in [3.05, 3.63) is 0 Å².